The number of likely N-dealkylation sites (tertiary alicyclic amines) is 1. The molecule has 1 saturated heterocycles. The van der Waals surface area contributed by atoms with E-state index in [-0.39, 0.29) is 6.10 Å². The van der Waals surface area contributed by atoms with E-state index in [1.54, 1.807) is 0 Å². The van der Waals surface area contributed by atoms with Crippen molar-refractivity contribution in [1.82, 2.24) is 4.90 Å². The molecule has 1 aromatic rings. The van der Waals surface area contributed by atoms with Gasteiger partial charge in [0.1, 0.15) is 0 Å². The molecule has 2 aliphatic rings. The van der Waals surface area contributed by atoms with Gasteiger partial charge in [-0.25, -0.2) is 0 Å². The summed E-state index contributed by atoms with van der Waals surface area (Å²) < 4.78 is 0. The summed E-state index contributed by atoms with van der Waals surface area (Å²) in [5.41, 5.74) is 2.90. The molecule has 1 heterocycles. The van der Waals surface area contributed by atoms with Crippen LogP contribution in [0.2, 0.25) is 0 Å². The summed E-state index contributed by atoms with van der Waals surface area (Å²) in [7, 11) is 0. The van der Waals surface area contributed by atoms with Gasteiger partial charge in [-0.15, -0.1) is 0 Å². The Morgan fingerprint density at radius 3 is 2.78 bits per heavy atom. The van der Waals surface area contributed by atoms with Crippen LogP contribution >= 0.6 is 0 Å². The number of hydrogen-bond donors (Lipinski definition) is 1. The van der Waals surface area contributed by atoms with Crippen molar-refractivity contribution < 1.29 is 5.11 Å². The molecule has 2 atom stereocenters. The number of aliphatic hydroxyl groups excluding tert-OH is 1. The van der Waals surface area contributed by atoms with E-state index in [1.165, 1.54) is 12.0 Å². The lowest BCUT2D eigenvalue weighted by atomic mass is 9.85. The molecule has 0 saturated carbocycles. The van der Waals surface area contributed by atoms with E-state index >= 15 is 0 Å². The third-order valence-corrected chi connectivity index (χ3v) is 4.62. The highest BCUT2D eigenvalue weighted by Crippen LogP contribution is 2.38. The number of aliphatic hydroxyl groups is 1. The fourth-order valence-corrected chi connectivity index (χ4v) is 3.54. The molecule has 1 aliphatic heterocycles. The van der Waals surface area contributed by atoms with Crippen molar-refractivity contribution in [3.05, 3.63) is 35.4 Å². The van der Waals surface area contributed by atoms with Crippen LogP contribution in [0, 0.1) is 5.41 Å². The van der Waals surface area contributed by atoms with Crippen molar-refractivity contribution in [2.45, 2.75) is 45.3 Å². The number of fused-ring (bicyclic) bond motifs is 1. The zero-order valence-electron chi connectivity index (χ0n) is 11.4. The first kappa shape index (κ1) is 12.2. The molecule has 0 aromatic heterocycles. The van der Waals surface area contributed by atoms with E-state index in [0.717, 1.165) is 31.5 Å². The van der Waals surface area contributed by atoms with E-state index in [4.69, 9.17) is 0 Å². The van der Waals surface area contributed by atoms with Crippen LogP contribution in [0.1, 0.15) is 43.9 Å². The van der Waals surface area contributed by atoms with Crippen molar-refractivity contribution >= 4 is 0 Å². The lowest BCUT2D eigenvalue weighted by molar-refractivity contribution is 0.0441. The molecule has 18 heavy (non-hydrogen) atoms. The molecule has 1 N–H and O–H groups in total. The van der Waals surface area contributed by atoms with Gasteiger partial charge in [-0.1, -0.05) is 38.1 Å². The van der Waals surface area contributed by atoms with Gasteiger partial charge in [-0.05, 0) is 42.3 Å². The van der Waals surface area contributed by atoms with Gasteiger partial charge >= 0.3 is 0 Å². The van der Waals surface area contributed by atoms with Gasteiger partial charge in [0.2, 0.25) is 0 Å². The summed E-state index contributed by atoms with van der Waals surface area (Å²) in [6, 6.07) is 8.68. The number of hydrogen-bond acceptors (Lipinski definition) is 2. The zero-order valence-corrected chi connectivity index (χ0v) is 11.4. The predicted molar refractivity (Wildman–Crippen MR) is 73.5 cm³/mol. The maximum absolute atomic E-state index is 10.6. The van der Waals surface area contributed by atoms with Crippen LogP contribution < -0.4 is 0 Å². The highest BCUT2D eigenvalue weighted by Gasteiger charge is 2.38. The number of nitrogens with zero attached hydrogens (tertiary/aromatic N) is 1. The standard InChI is InChI=1S/C16H23NO/c1-16(2)9-10-17(11-16)14-8-7-12-5-3-4-6-13(12)15(14)18/h3-6,14-15,18H,7-11H2,1-2H3. The lowest BCUT2D eigenvalue weighted by Gasteiger charge is -2.37. The topological polar surface area (TPSA) is 23.5 Å². The summed E-state index contributed by atoms with van der Waals surface area (Å²) in [6.07, 6.45) is 3.14. The fourth-order valence-electron chi connectivity index (χ4n) is 3.54. The highest BCUT2D eigenvalue weighted by molar-refractivity contribution is 5.32. The quantitative estimate of drug-likeness (QED) is 0.822. The second kappa shape index (κ2) is 4.36. The largest absolute Gasteiger partial charge is 0.387 e. The first-order valence-electron chi connectivity index (χ1n) is 7.07. The first-order chi connectivity index (χ1) is 8.57. The Hall–Kier alpha value is -0.860. The van der Waals surface area contributed by atoms with E-state index in [2.05, 4.69) is 36.9 Å². The first-order valence-corrected chi connectivity index (χ1v) is 7.07. The molecule has 2 unspecified atom stereocenters. The molecular weight excluding hydrogens is 222 g/mol. The molecule has 1 aliphatic carbocycles. The van der Waals surface area contributed by atoms with Crippen LogP contribution in [0.25, 0.3) is 0 Å². The Balaban J connectivity index is 1.81. The summed E-state index contributed by atoms with van der Waals surface area (Å²) in [4.78, 5) is 2.50. The Kier molecular flexibility index (Phi) is 2.95. The molecule has 2 heteroatoms. The molecule has 0 bridgehead atoms. The minimum absolute atomic E-state index is 0.302. The Morgan fingerprint density at radius 1 is 1.28 bits per heavy atom. The summed E-state index contributed by atoms with van der Waals surface area (Å²) in [6.45, 7) is 6.92. The van der Waals surface area contributed by atoms with Gasteiger partial charge < -0.3 is 5.11 Å². The minimum atomic E-state index is -0.302. The van der Waals surface area contributed by atoms with Gasteiger partial charge in [0.15, 0.2) is 0 Å². The Labute approximate surface area is 110 Å². The van der Waals surface area contributed by atoms with E-state index < -0.39 is 0 Å². The number of rotatable bonds is 1. The summed E-state index contributed by atoms with van der Waals surface area (Å²) in [5, 5.41) is 10.6. The molecule has 1 fully saturated rings. The van der Waals surface area contributed by atoms with Crippen LogP contribution in [0.15, 0.2) is 24.3 Å². The van der Waals surface area contributed by atoms with Gasteiger partial charge in [0, 0.05) is 12.6 Å². The smallest absolute Gasteiger partial charge is 0.0947 e. The van der Waals surface area contributed by atoms with Crippen LogP contribution in [-0.4, -0.2) is 29.1 Å². The average Bonchev–Trinajstić information content (AvgIpc) is 2.70. The van der Waals surface area contributed by atoms with Crippen LogP contribution in [0.3, 0.4) is 0 Å². The molecule has 0 spiro atoms. The van der Waals surface area contributed by atoms with E-state index in [1.807, 2.05) is 6.07 Å². The lowest BCUT2D eigenvalue weighted by Crippen LogP contribution is -2.41. The van der Waals surface area contributed by atoms with Crippen LogP contribution in [-0.2, 0) is 6.42 Å². The van der Waals surface area contributed by atoms with Crippen molar-refractivity contribution in [1.29, 1.82) is 0 Å². The molecular formula is C16H23NO. The third-order valence-electron chi connectivity index (χ3n) is 4.62. The fraction of sp³-hybridized carbons (Fsp3) is 0.625. The third kappa shape index (κ3) is 2.08. The second-order valence-electron chi connectivity index (χ2n) is 6.63. The highest BCUT2D eigenvalue weighted by atomic mass is 16.3. The summed E-state index contributed by atoms with van der Waals surface area (Å²) >= 11 is 0. The monoisotopic (exact) mass is 245 g/mol. The SMILES string of the molecule is CC1(C)CCN(C2CCc3ccccc3C2O)C1. The van der Waals surface area contributed by atoms with Crippen molar-refractivity contribution in [3.63, 3.8) is 0 Å². The molecule has 1 aromatic carbocycles. The second-order valence-corrected chi connectivity index (χ2v) is 6.63. The van der Waals surface area contributed by atoms with Crippen molar-refractivity contribution in [2.75, 3.05) is 13.1 Å². The summed E-state index contributed by atoms with van der Waals surface area (Å²) in [5.74, 6) is 0. The average molecular weight is 245 g/mol. The number of benzene rings is 1. The van der Waals surface area contributed by atoms with Gasteiger partial charge in [0.25, 0.3) is 0 Å². The zero-order chi connectivity index (χ0) is 12.8. The van der Waals surface area contributed by atoms with Gasteiger partial charge in [-0.2, -0.15) is 0 Å². The minimum Gasteiger partial charge on any atom is -0.387 e. The Morgan fingerprint density at radius 2 is 2.06 bits per heavy atom. The predicted octanol–water partition coefficient (Wildman–Crippen LogP) is 2.77. The molecule has 0 radical (unpaired) electrons. The molecule has 3 rings (SSSR count). The normalized spacial score (nSPS) is 31.3. The van der Waals surface area contributed by atoms with Gasteiger partial charge in [-0.3, -0.25) is 4.90 Å². The van der Waals surface area contributed by atoms with Crippen molar-refractivity contribution in [3.8, 4) is 0 Å². The van der Waals surface area contributed by atoms with E-state index in [9.17, 15) is 5.11 Å². The molecule has 2 nitrogen and oxygen atoms in total. The van der Waals surface area contributed by atoms with Gasteiger partial charge in [0.05, 0.1) is 6.10 Å². The molecule has 98 valence electrons. The van der Waals surface area contributed by atoms with Crippen LogP contribution in [0.4, 0.5) is 0 Å². The maximum atomic E-state index is 10.6. The molecule has 0 amide bonds. The van der Waals surface area contributed by atoms with Crippen LogP contribution in [0.5, 0.6) is 0 Å². The van der Waals surface area contributed by atoms with Crippen molar-refractivity contribution in [2.24, 2.45) is 5.41 Å². The number of aryl methyl sites for hydroxylation is 1. The van der Waals surface area contributed by atoms with E-state index in [0.29, 0.717) is 11.5 Å². The Bertz CT molecular complexity index is 440. The maximum Gasteiger partial charge on any atom is 0.0947 e.